The number of benzene rings is 2. The smallest absolute Gasteiger partial charge is 0.0927 e. The van der Waals surface area contributed by atoms with Gasteiger partial charge in [0.1, 0.15) is 0 Å². The second-order valence-corrected chi connectivity index (χ2v) is 6.22. The molecular weight excluding hydrogens is 341 g/mol. The number of nitrogens with one attached hydrogen (secondary N) is 1. The Morgan fingerprint density at radius 3 is 2.42 bits per heavy atom. The van der Waals surface area contributed by atoms with E-state index in [0.29, 0.717) is 10.0 Å². The number of hydrogen-bond acceptors (Lipinski definition) is 1. The molecule has 0 atom stereocenters. The van der Waals surface area contributed by atoms with Gasteiger partial charge in [-0.1, -0.05) is 65.7 Å². The highest BCUT2D eigenvalue weighted by atomic mass is 35.5. The minimum atomic E-state index is 0.536. The van der Waals surface area contributed by atoms with Crippen molar-refractivity contribution in [2.24, 2.45) is 0 Å². The van der Waals surface area contributed by atoms with E-state index in [0.717, 1.165) is 27.8 Å². The Morgan fingerprint density at radius 2 is 1.58 bits per heavy atom. The minimum absolute atomic E-state index is 0.536. The summed E-state index contributed by atoms with van der Waals surface area (Å²) in [5.41, 5.74) is 3.98. The summed E-state index contributed by atoms with van der Waals surface area (Å²) in [6.07, 6.45) is 7.66. The monoisotopic (exact) mass is 353 g/mol. The lowest BCUT2D eigenvalue weighted by Gasteiger charge is -2.06. The Kier molecular flexibility index (Phi) is 3.89. The Labute approximate surface area is 149 Å². The Morgan fingerprint density at radius 1 is 0.875 bits per heavy atom. The Hall–Kier alpha value is -2.49. The van der Waals surface area contributed by atoms with Gasteiger partial charge in [-0.25, -0.2) is 0 Å². The van der Waals surface area contributed by atoms with Gasteiger partial charge in [0.05, 0.1) is 26.9 Å². The Bertz CT molecular complexity index is 1020. The van der Waals surface area contributed by atoms with Crippen molar-refractivity contribution in [3.05, 3.63) is 82.2 Å². The number of nitrogens with zero attached hydrogens (tertiary/aromatic N) is 2. The molecule has 0 bridgehead atoms. The maximum atomic E-state index is 6.07. The summed E-state index contributed by atoms with van der Waals surface area (Å²) in [4.78, 5) is 0. The summed E-state index contributed by atoms with van der Waals surface area (Å²) in [5, 5.41) is 9.58. The third-order valence-corrected chi connectivity index (χ3v) is 4.57. The molecule has 0 aliphatic rings. The van der Waals surface area contributed by atoms with E-state index in [1.807, 2.05) is 59.2 Å². The van der Waals surface area contributed by atoms with Gasteiger partial charge in [0.25, 0.3) is 0 Å². The lowest BCUT2D eigenvalue weighted by atomic mass is 10.1. The van der Waals surface area contributed by atoms with Crippen LogP contribution in [0.5, 0.6) is 0 Å². The number of para-hydroxylation sites is 2. The first-order chi connectivity index (χ1) is 11.7. The SMILES string of the molecule is Clc1cn(-c2ccccc2/C=C/c2n[nH]c3ccccc23)cc1Cl. The number of fused-ring (bicyclic) bond motifs is 1. The largest absolute Gasteiger partial charge is 0.320 e. The van der Waals surface area contributed by atoms with Crippen molar-refractivity contribution in [3.63, 3.8) is 0 Å². The predicted octanol–water partition coefficient (Wildman–Crippen LogP) is 5.83. The van der Waals surface area contributed by atoms with Crippen molar-refractivity contribution in [1.82, 2.24) is 14.8 Å². The van der Waals surface area contributed by atoms with Crippen LogP contribution in [-0.4, -0.2) is 14.8 Å². The van der Waals surface area contributed by atoms with Gasteiger partial charge in [-0.05, 0) is 23.8 Å². The van der Waals surface area contributed by atoms with Crippen LogP contribution in [0.2, 0.25) is 10.0 Å². The van der Waals surface area contributed by atoms with Crippen LogP contribution in [0.15, 0.2) is 60.9 Å². The summed E-state index contributed by atoms with van der Waals surface area (Å²) >= 11 is 12.1. The molecule has 24 heavy (non-hydrogen) atoms. The zero-order valence-electron chi connectivity index (χ0n) is 12.6. The van der Waals surface area contributed by atoms with E-state index >= 15 is 0 Å². The summed E-state index contributed by atoms with van der Waals surface area (Å²) in [5.74, 6) is 0. The van der Waals surface area contributed by atoms with Crippen LogP contribution >= 0.6 is 23.2 Å². The molecule has 1 N–H and O–H groups in total. The quantitative estimate of drug-likeness (QED) is 0.493. The standard InChI is InChI=1S/C19H13Cl2N3/c20-15-11-24(12-16(15)21)19-8-4-1-5-13(19)9-10-18-14-6-2-3-7-17(14)22-23-18/h1-12H,(H,22,23)/b10-9+. The maximum Gasteiger partial charge on any atom is 0.0927 e. The van der Waals surface area contributed by atoms with Gasteiger partial charge in [-0.2, -0.15) is 5.10 Å². The lowest BCUT2D eigenvalue weighted by Crippen LogP contribution is -1.92. The highest BCUT2D eigenvalue weighted by molar-refractivity contribution is 6.42. The van der Waals surface area contributed by atoms with E-state index < -0.39 is 0 Å². The number of aromatic amines is 1. The molecule has 2 aromatic heterocycles. The van der Waals surface area contributed by atoms with E-state index in [2.05, 4.69) is 16.3 Å². The van der Waals surface area contributed by atoms with Crippen LogP contribution in [0, 0.1) is 0 Å². The van der Waals surface area contributed by atoms with Gasteiger partial charge < -0.3 is 4.57 Å². The fourth-order valence-electron chi connectivity index (χ4n) is 2.69. The van der Waals surface area contributed by atoms with Crippen LogP contribution in [0.25, 0.3) is 28.7 Å². The molecule has 118 valence electrons. The molecule has 0 fully saturated rings. The van der Waals surface area contributed by atoms with Gasteiger partial charge in [0.2, 0.25) is 0 Å². The van der Waals surface area contributed by atoms with Gasteiger partial charge in [0, 0.05) is 17.8 Å². The van der Waals surface area contributed by atoms with Crippen LogP contribution in [-0.2, 0) is 0 Å². The molecule has 0 radical (unpaired) electrons. The lowest BCUT2D eigenvalue weighted by molar-refractivity contribution is 1.08. The second kappa shape index (κ2) is 6.19. The molecule has 0 aliphatic heterocycles. The average molecular weight is 354 g/mol. The normalized spacial score (nSPS) is 11.6. The number of rotatable bonds is 3. The molecule has 3 nitrogen and oxygen atoms in total. The molecule has 0 aliphatic carbocycles. The summed E-state index contributed by atoms with van der Waals surface area (Å²) in [7, 11) is 0. The second-order valence-electron chi connectivity index (χ2n) is 5.41. The topological polar surface area (TPSA) is 33.6 Å². The fourth-order valence-corrected chi connectivity index (χ4v) is 3.00. The van der Waals surface area contributed by atoms with Crippen molar-refractivity contribution in [1.29, 1.82) is 0 Å². The van der Waals surface area contributed by atoms with Crippen molar-refractivity contribution in [2.75, 3.05) is 0 Å². The highest BCUT2D eigenvalue weighted by Crippen LogP contribution is 2.27. The number of hydrogen-bond donors (Lipinski definition) is 1. The van der Waals surface area contributed by atoms with Crippen LogP contribution < -0.4 is 0 Å². The van der Waals surface area contributed by atoms with E-state index in [4.69, 9.17) is 23.2 Å². The van der Waals surface area contributed by atoms with Crippen molar-refractivity contribution in [3.8, 4) is 5.69 Å². The zero-order chi connectivity index (χ0) is 16.5. The van der Waals surface area contributed by atoms with E-state index in [1.54, 1.807) is 12.4 Å². The van der Waals surface area contributed by atoms with Crippen LogP contribution in [0.4, 0.5) is 0 Å². The zero-order valence-corrected chi connectivity index (χ0v) is 14.1. The predicted molar refractivity (Wildman–Crippen MR) is 101 cm³/mol. The van der Waals surface area contributed by atoms with Crippen molar-refractivity contribution < 1.29 is 0 Å². The summed E-state index contributed by atoms with van der Waals surface area (Å²) in [6.45, 7) is 0. The molecule has 0 unspecified atom stereocenters. The molecule has 5 heteroatoms. The molecule has 4 rings (SSSR count). The van der Waals surface area contributed by atoms with Crippen molar-refractivity contribution >= 4 is 46.3 Å². The van der Waals surface area contributed by atoms with Crippen LogP contribution in [0.3, 0.4) is 0 Å². The van der Waals surface area contributed by atoms with Gasteiger partial charge in [0.15, 0.2) is 0 Å². The third kappa shape index (κ3) is 2.73. The molecule has 0 spiro atoms. The van der Waals surface area contributed by atoms with Gasteiger partial charge in [-0.3, -0.25) is 5.10 Å². The maximum absolute atomic E-state index is 6.07. The first-order valence-corrected chi connectivity index (χ1v) is 8.21. The molecule has 2 aromatic carbocycles. The number of aromatic nitrogens is 3. The molecule has 0 saturated heterocycles. The molecule has 0 saturated carbocycles. The minimum Gasteiger partial charge on any atom is -0.320 e. The first-order valence-electron chi connectivity index (χ1n) is 7.46. The van der Waals surface area contributed by atoms with E-state index in [9.17, 15) is 0 Å². The Balaban J connectivity index is 1.75. The fraction of sp³-hybridized carbons (Fsp3) is 0. The summed E-state index contributed by atoms with van der Waals surface area (Å²) in [6, 6.07) is 16.1. The van der Waals surface area contributed by atoms with E-state index in [-0.39, 0.29) is 0 Å². The average Bonchev–Trinajstić information content (AvgIpc) is 3.17. The number of halogens is 2. The third-order valence-electron chi connectivity index (χ3n) is 3.87. The van der Waals surface area contributed by atoms with Gasteiger partial charge >= 0.3 is 0 Å². The van der Waals surface area contributed by atoms with Crippen LogP contribution in [0.1, 0.15) is 11.3 Å². The van der Waals surface area contributed by atoms with Gasteiger partial charge in [-0.15, -0.1) is 0 Å². The molecule has 2 heterocycles. The number of H-pyrrole nitrogens is 1. The highest BCUT2D eigenvalue weighted by Gasteiger charge is 2.07. The van der Waals surface area contributed by atoms with Crippen molar-refractivity contribution in [2.45, 2.75) is 0 Å². The first kappa shape index (κ1) is 15.1. The molecule has 4 aromatic rings. The summed E-state index contributed by atoms with van der Waals surface area (Å²) < 4.78 is 1.92. The van der Waals surface area contributed by atoms with E-state index in [1.165, 1.54) is 0 Å². The molecular formula is C19H13Cl2N3. The molecule has 0 amide bonds.